The number of anilines is 1. The van der Waals surface area contributed by atoms with Gasteiger partial charge in [0.25, 0.3) is 0 Å². The van der Waals surface area contributed by atoms with Crippen LogP contribution in [0.4, 0.5) is 5.69 Å². The monoisotopic (exact) mass is 165 g/mol. The molecule has 2 heterocycles. The van der Waals surface area contributed by atoms with E-state index in [1.165, 1.54) is 0 Å². The first kappa shape index (κ1) is 7.21. The van der Waals surface area contributed by atoms with Crippen molar-refractivity contribution in [3.05, 3.63) is 12.1 Å². The summed E-state index contributed by atoms with van der Waals surface area (Å²) in [6, 6.07) is 4.29. The van der Waals surface area contributed by atoms with Gasteiger partial charge in [-0.2, -0.15) is 4.98 Å². The molecule has 0 bridgehead atoms. The van der Waals surface area contributed by atoms with E-state index >= 15 is 0 Å². The highest BCUT2D eigenvalue weighted by Crippen LogP contribution is 2.29. The van der Waals surface area contributed by atoms with Gasteiger partial charge in [0.05, 0.1) is 12.6 Å². The summed E-state index contributed by atoms with van der Waals surface area (Å²) < 4.78 is 5.24. The molecule has 0 amide bonds. The van der Waals surface area contributed by atoms with Crippen molar-refractivity contribution in [2.45, 2.75) is 0 Å². The number of aromatic hydroxyl groups is 1. The van der Waals surface area contributed by atoms with Crippen molar-refractivity contribution in [1.82, 2.24) is 4.98 Å². The summed E-state index contributed by atoms with van der Waals surface area (Å²) in [7, 11) is 1.95. The Labute approximate surface area is 70.4 Å². The lowest BCUT2D eigenvalue weighted by Gasteiger charge is -2.26. The predicted octanol–water partition coefficient (Wildman–Crippen LogP) is 0.416. The van der Waals surface area contributed by atoms with Crippen LogP contribution in [0.15, 0.2) is 6.07 Å². The van der Waals surface area contributed by atoms with Crippen molar-refractivity contribution in [1.29, 1.82) is 0 Å². The number of hydrogen-bond donors (Lipinski definition) is 1. The van der Waals surface area contributed by atoms with E-state index in [2.05, 4.69) is 11.1 Å². The van der Waals surface area contributed by atoms with E-state index in [4.69, 9.17) is 9.84 Å². The minimum atomic E-state index is -0.121. The number of hydrogen-bond acceptors (Lipinski definition) is 4. The smallest absolute Gasteiger partial charge is 0.241 e. The van der Waals surface area contributed by atoms with Gasteiger partial charge in [-0.25, -0.2) is 0 Å². The van der Waals surface area contributed by atoms with E-state index < -0.39 is 0 Å². The summed E-state index contributed by atoms with van der Waals surface area (Å²) in [4.78, 5) is 5.82. The fourth-order valence-electron chi connectivity index (χ4n) is 1.16. The molecule has 1 aromatic rings. The average Bonchev–Trinajstić information content (AvgIpc) is 2.04. The lowest BCUT2D eigenvalue weighted by atomic mass is 10.3. The maximum absolute atomic E-state index is 9.01. The second-order valence-electron chi connectivity index (χ2n) is 2.68. The number of aromatic nitrogens is 1. The highest BCUT2D eigenvalue weighted by Gasteiger charge is 2.16. The molecule has 0 aromatic carbocycles. The number of nitrogens with zero attached hydrogens (tertiary/aromatic N) is 2. The molecule has 0 aliphatic carbocycles. The maximum Gasteiger partial charge on any atom is 0.241 e. The normalized spacial score (nSPS) is 15.2. The standard InChI is InChI=1S/C8H9N2O2/c1-10-4-5-12-8-6(10)2-3-7(11)9-8/h2H,4-5H2,1H3,(H,9,11). The molecule has 0 atom stereocenters. The maximum atomic E-state index is 9.01. The van der Waals surface area contributed by atoms with Crippen molar-refractivity contribution in [2.24, 2.45) is 0 Å². The Hall–Kier alpha value is -1.45. The summed E-state index contributed by atoms with van der Waals surface area (Å²) in [5.74, 6) is 0.365. The zero-order chi connectivity index (χ0) is 8.55. The largest absolute Gasteiger partial charge is 0.493 e. The van der Waals surface area contributed by atoms with Crippen LogP contribution in [0.3, 0.4) is 0 Å². The molecule has 4 heteroatoms. The molecule has 1 aromatic heterocycles. The van der Waals surface area contributed by atoms with Crippen LogP contribution in [-0.2, 0) is 0 Å². The van der Waals surface area contributed by atoms with Crippen molar-refractivity contribution < 1.29 is 9.84 Å². The molecular formula is C8H9N2O2. The van der Waals surface area contributed by atoms with Crippen LogP contribution >= 0.6 is 0 Å². The van der Waals surface area contributed by atoms with Gasteiger partial charge in [0.1, 0.15) is 12.3 Å². The summed E-state index contributed by atoms with van der Waals surface area (Å²) in [6.45, 7) is 1.45. The molecule has 1 N–H and O–H groups in total. The second-order valence-corrected chi connectivity index (χ2v) is 2.68. The van der Waals surface area contributed by atoms with E-state index in [1.807, 2.05) is 11.9 Å². The molecular weight excluding hydrogens is 156 g/mol. The van der Waals surface area contributed by atoms with E-state index in [0.717, 1.165) is 12.2 Å². The van der Waals surface area contributed by atoms with E-state index in [1.54, 1.807) is 6.07 Å². The average molecular weight is 165 g/mol. The van der Waals surface area contributed by atoms with Crippen LogP contribution < -0.4 is 9.64 Å². The Bertz CT molecular complexity index is 301. The van der Waals surface area contributed by atoms with Crippen molar-refractivity contribution in [2.75, 3.05) is 25.1 Å². The zero-order valence-electron chi connectivity index (χ0n) is 6.74. The van der Waals surface area contributed by atoms with Crippen LogP contribution in [0.25, 0.3) is 0 Å². The van der Waals surface area contributed by atoms with Gasteiger partial charge < -0.3 is 14.7 Å². The highest BCUT2D eigenvalue weighted by atomic mass is 16.5. The Morgan fingerprint density at radius 1 is 1.75 bits per heavy atom. The molecule has 63 valence electrons. The van der Waals surface area contributed by atoms with Gasteiger partial charge in [-0.15, -0.1) is 0 Å². The van der Waals surface area contributed by atoms with Gasteiger partial charge in [-0.3, -0.25) is 0 Å². The first-order chi connectivity index (χ1) is 5.77. The van der Waals surface area contributed by atoms with E-state index in [0.29, 0.717) is 12.5 Å². The fourth-order valence-corrected chi connectivity index (χ4v) is 1.16. The Balaban J connectivity index is 2.46. The van der Waals surface area contributed by atoms with Gasteiger partial charge in [0.2, 0.25) is 11.8 Å². The van der Waals surface area contributed by atoms with Crippen LogP contribution in [0, 0.1) is 6.07 Å². The van der Waals surface area contributed by atoms with Crippen molar-refractivity contribution in [3.63, 3.8) is 0 Å². The molecule has 0 unspecified atom stereocenters. The van der Waals surface area contributed by atoms with Gasteiger partial charge in [-0.1, -0.05) is 0 Å². The van der Waals surface area contributed by atoms with E-state index in [9.17, 15) is 0 Å². The SMILES string of the molecule is CN1CCOc2nc(O)[c]cc21. The van der Waals surface area contributed by atoms with Gasteiger partial charge in [0, 0.05) is 7.05 Å². The van der Waals surface area contributed by atoms with Gasteiger partial charge in [0.15, 0.2) is 0 Å². The summed E-state index contributed by atoms with van der Waals surface area (Å²) in [5, 5.41) is 9.01. The van der Waals surface area contributed by atoms with E-state index in [-0.39, 0.29) is 5.88 Å². The van der Waals surface area contributed by atoms with Crippen LogP contribution in [0.2, 0.25) is 0 Å². The van der Waals surface area contributed by atoms with Crippen molar-refractivity contribution >= 4 is 5.69 Å². The molecule has 2 rings (SSSR count). The summed E-state index contributed by atoms with van der Waals surface area (Å²) in [6.07, 6.45) is 0. The molecule has 1 radical (unpaired) electrons. The predicted molar refractivity (Wildman–Crippen MR) is 43.5 cm³/mol. The first-order valence-corrected chi connectivity index (χ1v) is 3.73. The highest BCUT2D eigenvalue weighted by molar-refractivity contribution is 5.56. The lowest BCUT2D eigenvalue weighted by molar-refractivity contribution is 0.293. The summed E-state index contributed by atoms with van der Waals surface area (Å²) >= 11 is 0. The molecule has 4 nitrogen and oxygen atoms in total. The van der Waals surface area contributed by atoms with Crippen LogP contribution in [0.1, 0.15) is 0 Å². The van der Waals surface area contributed by atoms with Gasteiger partial charge >= 0.3 is 0 Å². The zero-order valence-corrected chi connectivity index (χ0v) is 6.74. The number of ether oxygens (including phenoxy) is 1. The summed E-state index contributed by atoms with van der Waals surface area (Å²) in [5.41, 5.74) is 0.874. The number of likely N-dealkylation sites (N-methyl/N-ethyl adjacent to an activating group) is 1. The molecule has 1 aliphatic rings. The Kier molecular flexibility index (Phi) is 1.53. The number of fused-ring (bicyclic) bond motifs is 1. The molecule has 0 fully saturated rings. The topological polar surface area (TPSA) is 45.6 Å². The van der Waals surface area contributed by atoms with Crippen LogP contribution in [0.5, 0.6) is 11.8 Å². The number of pyridine rings is 1. The molecule has 1 aliphatic heterocycles. The third-order valence-corrected chi connectivity index (χ3v) is 1.84. The Morgan fingerprint density at radius 2 is 2.58 bits per heavy atom. The molecule has 0 saturated heterocycles. The molecule has 0 spiro atoms. The minimum absolute atomic E-state index is 0.121. The first-order valence-electron chi connectivity index (χ1n) is 3.73. The Morgan fingerprint density at radius 3 is 3.42 bits per heavy atom. The third-order valence-electron chi connectivity index (χ3n) is 1.84. The fraction of sp³-hybridized carbons (Fsp3) is 0.375. The molecule has 0 saturated carbocycles. The quantitative estimate of drug-likeness (QED) is 0.605. The third kappa shape index (κ3) is 1.05. The van der Waals surface area contributed by atoms with Crippen LogP contribution in [-0.4, -0.2) is 30.3 Å². The molecule has 12 heavy (non-hydrogen) atoms. The van der Waals surface area contributed by atoms with Crippen molar-refractivity contribution in [3.8, 4) is 11.8 Å². The van der Waals surface area contributed by atoms with Gasteiger partial charge in [-0.05, 0) is 6.07 Å². The minimum Gasteiger partial charge on any atom is -0.493 e. The lowest BCUT2D eigenvalue weighted by Crippen LogP contribution is -2.29. The number of rotatable bonds is 0. The second kappa shape index (κ2) is 2.55.